The van der Waals surface area contributed by atoms with Crippen molar-refractivity contribution >= 4 is 11.6 Å². The van der Waals surface area contributed by atoms with Gasteiger partial charge in [-0.25, -0.2) is 0 Å². The molecular formula is C25H30N6O. The van der Waals surface area contributed by atoms with E-state index in [2.05, 4.69) is 52.0 Å². The van der Waals surface area contributed by atoms with Crippen LogP contribution in [0, 0.1) is 0 Å². The number of benzene rings is 1. The number of hydrogen-bond acceptors (Lipinski definition) is 5. The van der Waals surface area contributed by atoms with Crippen LogP contribution >= 0.6 is 0 Å². The molecule has 0 saturated carbocycles. The maximum absolute atomic E-state index is 13.5. The van der Waals surface area contributed by atoms with Gasteiger partial charge in [-0.1, -0.05) is 24.3 Å². The molecule has 1 amide bonds. The minimum atomic E-state index is 0.0702. The highest BCUT2D eigenvalue weighted by Gasteiger charge is 2.31. The SMILES string of the molecule is CCn1nc(C(=O)N2CCN(c3ccccc3)CC2)c2c1CCN(Cc1ccccn1)C2. The number of aromatic nitrogens is 3. The maximum Gasteiger partial charge on any atom is 0.274 e. The predicted octanol–water partition coefficient (Wildman–Crippen LogP) is 2.82. The molecule has 1 saturated heterocycles. The summed E-state index contributed by atoms with van der Waals surface area (Å²) in [6.45, 7) is 8.52. The Hall–Kier alpha value is -3.19. The molecule has 2 aromatic heterocycles. The Labute approximate surface area is 189 Å². The molecule has 2 aliphatic rings. The molecular weight excluding hydrogens is 400 g/mol. The van der Waals surface area contributed by atoms with Crippen molar-refractivity contribution in [2.24, 2.45) is 0 Å². The summed E-state index contributed by atoms with van der Waals surface area (Å²) in [5.74, 6) is 0.0702. The van der Waals surface area contributed by atoms with Gasteiger partial charge in [0.05, 0.1) is 5.69 Å². The van der Waals surface area contributed by atoms with E-state index in [1.807, 2.05) is 34.0 Å². The van der Waals surface area contributed by atoms with Gasteiger partial charge in [0.25, 0.3) is 5.91 Å². The Morgan fingerprint density at radius 3 is 2.47 bits per heavy atom. The van der Waals surface area contributed by atoms with Gasteiger partial charge < -0.3 is 9.80 Å². The molecule has 32 heavy (non-hydrogen) atoms. The normalized spacial score (nSPS) is 16.8. The second kappa shape index (κ2) is 9.12. The van der Waals surface area contributed by atoms with Crippen LogP contribution in [0.25, 0.3) is 0 Å². The van der Waals surface area contributed by atoms with E-state index < -0.39 is 0 Å². The zero-order valence-electron chi connectivity index (χ0n) is 18.7. The number of piperazine rings is 1. The molecule has 0 N–H and O–H groups in total. The van der Waals surface area contributed by atoms with E-state index in [1.54, 1.807) is 0 Å². The molecule has 0 bridgehead atoms. The van der Waals surface area contributed by atoms with Crippen LogP contribution < -0.4 is 4.90 Å². The first-order chi connectivity index (χ1) is 15.7. The van der Waals surface area contributed by atoms with E-state index in [-0.39, 0.29) is 5.91 Å². The van der Waals surface area contributed by atoms with Gasteiger partial charge in [0, 0.05) is 81.9 Å². The topological polar surface area (TPSA) is 57.5 Å². The fourth-order valence-corrected chi connectivity index (χ4v) is 4.79. The molecule has 1 fully saturated rings. The number of amides is 1. The van der Waals surface area contributed by atoms with E-state index in [0.29, 0.717) is 5.69 Å². The number of rotatable bonds is 5. The molecule has 0 unspecified atom stereocenters. The third-order valence-electron chi connectivity index (χ3n) is 6.52. The smallest absolute Gasteiger partial charge is 0.274 e. The van der Waals surface area contributed by atoms with Crippen molar-refractivity contribution in [3.05, 3.63) is 77.4 Å². The van der Waals surface area contributed by atoms with Crippen LogP contribution in [0.15, 0.2) is 54.7 Å². The second-order valence-corrected chi connectivity index (χ2v) is 8.49. The molecule has 166 valence electrons. The zero-order valence-corrected chi connectivity index (χ0v) is 18.7. The summed E-state index contributed by atoms with van der Waals surface area (Å²) >= 11 is 0. The van der Waals surface area contributed by atoms with Crippen molar-refractivity contribution in [1.82, 2.24) is 24.6 Å². The number of pyridine rings is 1. The van der Waals surface area contributed by atoms with Crippen molar-refractivity contribution < 1.29 is 4.79 Å². The van der Waals surface area contributed by atoms with Gasteiger partial charge in [0.2, 0.25) is 0 Å². The van der Waals surface area contributed by atoms with Gasteiger partial charge in [-0.05, 0) is 31.2 Å². The van der Waals surface area contributed by atoms with Gasteiger partial charge in [-0.2, -0.15) is 5.10 Å². The summed E-state index contributed by atoms with van der Waals surface area (Å²) in [5.41, 5.74) is 5.24. The fraction of sp³-hybridized carbons (Fsp3) is 0.400. The number of para-hydroxylation sites is 1. The van der Waals surface area contributed by atoms with Crippen LogP contribution in [0.5, 0.6) is 0 Å². The van der Waals surface area contributed by atoms with Crippen LogP contribution in [0.1, 0.15) is 34.4 Å². The summed E-state index contributed by atoms with van der Waals surface area (Å²) in [7, 11) is 0. The second-order valence-electron chi connectivity index (χ2n) is 8.49. The lowest BCUT2D eigenvalue weighted by molar-refractivity contribution is 0.0737. The van der Waals surface area contributed by atoms with E-state index in [0.717, 1.165) is 70.0 Å². The first kappa shape index (κ1) is 20.7. The highest BCUT2D eigenvalue weighted by Crippen LogP contribution is 2.26. The van der Waals surface area contributed by atoms with E-state index in [9.17, 15) is 4.79 Å². The van der Waals surface area contributed by atoms with Gasteiger partial charge in [-0.15, -0.1) is 0 Å². The standard InChI is InChI=1S/C25H30N6O/c1-2-31-23-11-13-28(18-20-8-6-7-12-26-20)19-22(23)24(27-31)25(32)30-16-14-29(15-17-30)21-9-4-3-5-10-21/h3-10,12H,2,11,13-19H2,1H3. The minimum Gasteiger partial charge on any atom is -0.368 e. The van der Waals surface area contributed by atoms with E-state index in [4.69, 9.17) is 5.10 Å². The van der Waals surface area contributed by atoms with Crippen molar-refractivity contribution in [3.63, 3.8) is 0 Å². The van der Waals surface area contributed by atoms with Crippen molar-refractivity contribution in [3.8, 4) is 0 Å². The largest absolute Gasteiger partial charge is 0.368 e. The third-order valence-corrected chi connectivity index (χ3v) is 6.52. The molecule has 4 heterocycles. The van der Waals surface area contributed by atoms with Gasteiger partial charge >= 0.3 is 0 Å². The Balaban J connectivity index is 1.31. The fourth-order valence-electron chi connectivity index (χ4n) is 4.79. The highest BCUT2D eigenvalue weighted by molar-refractivity contribution is 5.94. The molecule has 0 radical (unpaired) electrons. The average molecular weight is 431 g/mol. The summed E-state index contributed by atoms with van der Waals surface area (Å²) in [6.07, 6.45) is 2.75. The molecule has 3 aromatic rings. The first-order valence-electron chi connectivity index (χ1n) is 11.5. The number of nitrogens with zero attached hydrogens (tertiary/aromatic N) is 6. The predicted molar refractivity (Wildman–Crippen MR) is 125 cm³/mol. The number of hydrogen-bond donors (Lipinski definition) is 0. The molecule has 0 atom stereocenters. The van der Waals surface area contributed by atoms with Crippen LogP contribution in [-0.4, -0.2) is 63.2 Å². The van der Waals surface area contributed by atoms with Gasteiger partial charge in [0.1, 0.15) is 0 Å². The number of fused-ring (bicyclic) bond motifs is 1. The lowest BCUT2D eigenvalue weighted by Gasteiger charge is -2.36. The first-order valence-corrected chi connectivity index (χ1v) is 11.5. The molecule has 2 aliphatic heterocycles. The lowest BCUT2D eigenvalue weighted by atomic mass is 10.0. The minimum absolute atomic E-state index is 0.0702. The summed E-state index contributed by atoms with van der Waals surface area (Å²) in [6, 6.07) is 16.4. The quantitative estimate of drug-likeness (QED) is 0.623. The number of aryl methyl sites for hydroxylation is 1. The zero-order chi connectivity index (χ0) is 21.9. The molecule has 7 nitrogen and oxygen atoms in total. The Bertz CT molecular complexity index is 1060. The lowest BCUT2D eigenvalue weighted by Crippen LogP contribution is -2.49. The Morgan fingerprint density at radius 2 is 1.75 bits per heavy atom. The van der Waals surface area contributed by atoms with E-state index >= 15 is 0 Å². The number of carbonyl (C=O) groups is 1. The van der Waals surface area contributed by atoms with E-state index in [1.165, 1.54) is 11.4 Å². The molecule has 0 aliphatic carbocycles. The Kier molecular flexibility index (Phi) is 5.90. The Morgan fingerprint density at radius 1 is 0.969 bits per heavy atom. The van der Waals surface area contributed by atoms with Crippen molar-refractivity contribution in [2.45, 2.75) is 33.0 Å². The van der Waals surface area contributed by atoms with Crippen LogP contribution in [0.4, 0.5) is 5.69 Å². The van der Waals surface area contributed by atoms with Crippen molar-refractivity contribution in [1.29, 1.82) is 0 Å². The van der Waals surface area contributed by atoms with Gasteiger partial charge in [0.15, 0.2) is 5.69 Å². The third kappa shape index (κ3) is 4.12. The molecule has 7 heteroatoms. The van der Waals surface area contributed by atoms with Crippen LogP contribution in [0.3, 0.4) is 0 Å². The van der Waals surface area contributed by atoms with Crippen LogP contribution in [0.2, 0.25) is 0 Å². The van der Waals surface area contributed by atoms with Crippen LogP contribution in [-0.2, 0) is 26.1 Å². The molecule has 5 rings (SSSR count). The highest BCUT2D eigenvalue weighted by atomic mass is 16.2. The average Bonchev–Trinajstić information content (AvgIpc) is 3.23. The monoisotopic (exact) mass is 430 g/mol. The summed E-state index contributed by atoms with van der Waals surface area (Å²) in [4.78, 5) is 24.7. The summed E-state index contributed by atoms with van der Waals surface area (Å²) < 4.78 is 2.03. The molecule has 1 aromatic carbocycles. The number of carbonyl (C=O) groups excluding carboxylic acids is 1. The number of anilines is 1. The van der Waals surface area contributed by atoms with Gasteiger partial charge in [-0.3, -0.25) is 19.4 Å². The maximum atomic E-state index is 13.5. The van der Waals surface area contributed by atoms with Crippen molar-refractivity contribution in [2.75, 3.05) is 37.6 Å². The summed E-state index contributed by atoms with van der Waals surface area (Å²) in [5, 5.41) is 4.77. The molecule has 0 spiro atoms.